The van der Waals surface area contributed by atoms with E-state index in [0.29, 0.717) is 30.1 Å². The quantitative estimate of drug-likeness (QED) is 0.185. The predicted molar refractivity (Wildman–Crippen MR) is 136 cm³/mol. The molecule has 0 fully saturated rings. The van der Waals surface area contributed by atoms with Crippen LogP contribution in [0, 0.1) is 0 Å². The Hall–Kier alpha value is -4.60. The molecule has 0 radical (unpaired) electrons. The first kappa shape index (κ1) is 28.0. The molecule has 10 heteroatoms. The van der Waals surface area contributed by atoms with E-state index in [0.717, 1.165) is 29.3 Å². The van der Waals surface area contributed by atoms with Crippen molar-refractivity contribution in [2.75, 3.05) is 6.61 Å². The van der Waals surface area contributed by atoms with Gasteiger partial charge in [0.05, 0.1) is 23.9 Å². The van der Waals surface area contributed by atoms with Crippen LogP contribution in [-0.4, -0.2) is 29.8 Å². The van der Waals surface area contributed by atoms with E-state index in [-0.39, 0.29) is 17.7 Å². The van der Waals surface area contributed by atoms with Crippen molar-refractivity contribution in [3.63, 3.8) is 0 Å². The van der Waals surface area contributed by atoms with Crippen molar-refractivity contribution in [2.45, 2.75) is 26.1 Å². The van der Waals surface area contributed by atoms with Gasteiger partial charge >= 0.3 is 12.1 Å². The van der Waals surface area contributed by atoms with E-state index in [1.807, 2.05) is 0 Å². The van der Waals surface area contributed by atoms with Gasteiger partial charge in [-0.1, -0.05) is 24.3 Å². The zero-order chi connectivity index (χ0) is 27.7. The Morgan fingerprint density at radius 2 is 1.79 bits per heavy atom. The molecule has 3 rings (SSSR count). The molecule has 0 atom stereocenters. The number of hydrogen-bond donors (Lipinski definition) is 2. The number of alkyl halides is 3. The number of carboxylic acids is 1. The van der Waals surface area contributed by atoms with Crippen LogP contribution in [0.3, 0.4) is 0 Å². The van der Waals surface area contributed by atoms with Crippen molar-refractivity contribution in [1.29, 1.82) is 0 Å². The van der Waals surface area contributed by atoms with E-state index >= 15 is 0 Å². The number of benzene rings is 3. The van der Waals surface area contributed by atoms with Gasteiger partial charge in [-0.2, -0.15) is 18.3 Å². The Labute approximate surface area is 217 Å². The number of nitrogens with zero attached hydrogens (tertiary/aromatic N) is 1. The number of allylic oxidation sites excluding steroid dienone is 1. The summed E-state index contributed by atoms with van der Waals surface area (Å²) in [7, 11) is 0. The SMILES string of the molecule is C=CCc1cc(/C=N\NC(=O)c2cccc(C(F)(F)F)c2)cc(OCC)c1OCc1ccc(C(=O)O)cc1. The van der Waals surface area contributed by atoms with Crippen LogP contribution in [-0.2, 0) is 19.2 Å². The number of hydrogen-bond acceptors (Lipinski definition) is 5. The number of rotatable bonds is 11. The maximum atomic E-state index is 12.9. The topological polar surface area (TPSA) is 97.2 Å². The number of aromatic carboxylic acids is 1. The van der Waals surface area contributed by atoms with Crippen LogP contribution >= 0.6 is 0 Å². The zero-order valence-electron chi connectivity index (χ0n) is 20.4. The molecule has 1 amide bonds. The minimum absolute atomic E-state index is 0.157. The summed E-state index contributed by atoms with van der Waals surface area (Å²) in [4.78, 5) is 23.4. The lowest BCUT2D eigenvalue weighted by atomic mass is 10.1. The van der Waals surface area contributed by atoms with Crippen molar-refractivity contribution < 1.29 is 37.3 Å². The third-order valence-corrected chi connectivity index (χ3v) is 5.23. The molecule has 0 saturated heterocycles. The van der Waals surface area contributed by atoms with Gasteiger partial charge in [-0.25, -0.2) is 10.2 Å². The van der Waals surface area contributed by atoms with Crippen LogP contribution in [0.15, 0.2) is 78.4 Å². The van der Waals surface area contributed by atoms with Crippen molar-refractivity contribution in [2.24, 2.45) is 5.10 Å². The lowest BCUT2D eigenvalue weighted by Crippen LogP contribution is -2.18. The van der Waals surface area contributed by atoms with Gasteiger partial charge in [0, 0.05) is 11.1 Å². The highest BCUT2D eigenvalue weighted by molar-refractivity contribution is 5.95. The highest BCUT2D eigenvalue weighted by atomic mass is 19.4. The van der Waals surface area contributed by atoms with E-state index in [1.165, 1.54) is 24.4 Å². The monoisotopic (exact) mass is 526 g/mol. The van der Waals surface area contributed by atoms with Gasteiger partial charge in [-0.15, -0.1) is 6.58 Å². The highest BCUT2D eigenvalue weighted by Gasteiger charge is 2.30. The third kappa shape index (κ3) is 7.45. The first-order valence-electron chi connectivity index (χ1n) is 11.5. The van der Waals surface area contributed by atoms with E-state index in [1.54, 1.807) is 37.3 Å². The molecule has 0 aliphatic rings. The molecule has 38 heavy (non-hydrogen) atoms. The van der Waals surface area contributed by atoms with E-state index in [9.17, 15) is 22.8 Å². The second kappa shape index (κ2) is 12.6. The molecule has 0 aromatic heterocycles. The molecule has 3 aromatic rings. The standard InChI is InChI=1S/C28H25F3N2O5/c1-3-6-21-13-19(16-32-33-26(34)22-7-5-8-23(15-22)28(29,30)31)14-24(37-4-2)25(21)38-17-18-9-11-20(12-10-18)27(35)36/h3,5,7-16H,1,4,6,17H2,2H3,(H,33,34)(H,35,36)/b32-16-. The van der Waals surface area contributed by atoms with Crippen LogP contribution in [0.5, 0.6) is 11.5 Å². The molecular formula is C28H25F3N2O5. The van der Waals surface area contributed by atoms with Crippen molar-refractivity contribution >= 4 is 18.1 Å². The summed E-state index contributed by atoms with van der Waals surface area (Å²) >= 11 is 0. The molecule has 198 valence electrons. The summed E-state index contributed by atoms with van der Waals surface area (Å²) in [6.45, 7) is 6.07. The molecule has 0 spiro atoms. The van der Waals surface area contributed by atoms with Gasteiger partial charge in [0.1, 0.15) is 6.61 Å². The lowest BCUT2D eigenvalue weighted by Gasteiger charge is -2.17. The Bertz CT molecular complexity index is 1340. The number of carbonyl (C=O) groups excluding carboxylic acids is 1. The molecule has 0 heterocycles. The van der Waals surface area contributed by atoms with Crippen LogP contribution in [0.2, 0.25) is 0 Å². The van der Waals surface area contributed by atoms with Gasteiger partial charge in [0.15, 0.2) is 11.5 Å². The summed E-state index contributed by atoms with van der Waals surface area (Å²) < 4.78 is 50.5. The molecule has 2 N–H and O–H groups in total. The first-order chi connectivity index (χ1) is 18.1. The molecule has 0 aliphatic heterocycles. The first-order valence-corrected chi connectivity index (χ1v) is 11.5. The predicted octanol–water partition coefficient (Wildman–Crippen LogP) is 5.87. The number of hydrazone groups is 1. The lowest BCUT2D eigenvalue weighted by molar-refractivity contribution is -0.137. The van der Waals surface area contributed by atoms with Crippen molar-refractivity contribution in [3.8, 4) is 11.5 Å². The summed E-state index contributed by atoms with van der Waals surface area (Å²) in [5.74, 6) is -0.927. The molecule has 7 nitrogen and oxygen atoms in total. The number of amides is 1. The largest absolute Gasteiger partial charge is 0.490 e. The molecule has 3 aromatic carbocycles. The van der Waals surface area contributed by atoms with Crippen LogP contribution in [0.25, 0.3) is 0 Å². The number of carbonyl (C=O) groups is 2. The van der Waals surface area contributed by atoms with Gasteiger partial charge in [-0.05, 0) is 66.9 Å². The molecular weight excluding hydrogens is 501 g/mol. The summed E-state index contributed by atoms with van der Waals surface area (Å²) in [5, 5.41) is 12.9. The van der Waals surface area contributed by atoms with Crippen LogP contribution in [0.4, 0.5) is 13.2 Å². The maximum Gasteiger partial charge on any atom is 0.416 e. The average molecular weight is 527 g/mol. The van der Waals surface area contributed by atoms with E-state index in [2.05, 4.69) is 17.1 Å². The smallest absolute Gasteiger partial charge is 0.416 e. The Kier molecular flexibility index (Phi) is 9.26. The van der Waals surface area contributed by atoms with Gasteiger partial charge in [0.25, 0.3) is 5.91 Å². The fourth-order valence-corrected chi connectivity index (χ4v) is 3.46. The number of ether oxygens (including phenoxy) is 2. The van der Waals surface area contributed by atoms with Crippen LogP contribution in [0.1, 0.15) is 49.9 Å². The Morgan fingerprint density at radius 1 is 1.05 bits per heavy atom. The Balaban J connectivity index is 1.79. The second-order valence-corrected chi connectivity index (χ2v) is 8.00. The van der Waals surface area contributed by atoms with Gasteiger partial charge in [0.2, 0.25) is 0 Å². The third-order valence-electron chi connectivity index (χ3n) is 5.23. The number of nitrogens with one attached hydrogen (secondary N) is 1. The minimum Gasteiger partial charge on any atom is -0.490 e. The fraction of sp³-hybridized carbons (Fsp3) is 0.179. The van der Waals surface area contributed by atoms with E-state index in [4.69, 9.17) is 14.6 Å². The maximum absolute atomic E-state index is 12.9. The van der Waals surface area contributed by atoms with Gasteiger partial charge in [-0.3, -0.25) is 4.79 Å². The summed E-state index contributed by atoms with van der Waals surface area (Å²) in [6, 6.07) is 13.7. The van der Waals surface area contributed by atoms with Crippen LogP contribution < -0.4 is 14.9 Å². The van der Waals surface area contributed by atoms with Crippen molar-refractivity contribution in [1.82, 2.24) is 5.43 Å². The summed E-state index contributed by atoms with van der Waals surface area (Å²) in [6.07, 6.45) is -1.13. The molecule has 0 bridgehead atoms. The second-order valence-electron chi connectivity index (χ2n) is 8.00. The zero-order valence-corrected chi connectivity index (χ0v) is 20.4. The normalized spacial score (nSPS) is 11.3. The number of carboxylic acid groups (broad SMARTS) is 1. The van der Waals surface area contributed by atoms with Gasteiger partial charge < -0.3 is 14.6 Å². The van der Waals surface area contributed by atoms with E-state index < -0.39 is 23.6 Å². The molecule has 0 unspecified atom stereocenters. The fourth-order valence-electron chi connectivity index (χ4n) is 3.46. The average Bonchev–Trinajstić information content (AvgIpc) is 2.88. The van der Waals surface area contributed by atoms with Crippen molar-refractivity contribution in [3.05, 3.63) is 107 Å². The molecule has 0 aliphatic carbocycles. The molecule has 0 saturated carbocycles. The highest BCUT2D eigenvalue weighted by Crippen LogP contribution is 2.34. The minimum atomic E-state index is -4.57. The Morgan fingerprint density at radius 3 is 2.42 bits per heavy atom. The summed E-state index contributed by atoms with van der Waals surface area (Å²) in [5.41, 5.74) is 3.31. The number of halogens is 3.